The quantitative estimate of drug-likeness (QED) is 0.786. The lowest BCUT2D eigenvalue weighted by Crippen LogP contribution is -2.59. The van der Waals surface area contributed by atoms with Crippen LogP contribution in [0.1, 0.15) is 26.2 Å². The molecule has 2 atom stereocenters. The Labute approximate surface area is 123 Å². The molecule has 1 heterocycles. The van der Waals surface area contributed by atoms with Crippen LogP contribution in [0.5, 0.6) is 0 Å². The van der Waals surface area contributed by atoms with Gasteiger partial charge >= 0.3 is 0 Å². The molecule has 1 saturated carbocycles. The van der Waals surface area contributed by atoms with E-state index >= 15 is 0 Å². The van der Waals surface area contributed by atoms with Gasteiger partial charge in [-0.25, -0.2) is 0 Å². The van der Waals surface area contributed by atoms with Gasteiger partial charge in [-0.2, -0.15) is 0 Å². The van der Waals surface area contributed by atoms with E-state index in [9.17, 15) is 9.59 Å². The van der Waals surface area contributed by atoms with Gasteiger partial charge in [0, 0.05) is 29.7 Å². The predicted molar refractivity (Wildman–Crippen MR) is 79.1 cm³/mol. The Bertz CT molecular complexity index is 554. The number of rotatable bonds is 2. The topological polar surface area (TPSA) is 37.4 Å². The highest BCUT2D eigenvalue weighted by Crippen LogP contribution is 2.43. The SMILES string of the molecule is CC(=O)C12CCCC(CN(c3ccc(Cl)cc3)C1)C2=O. The number of nitrogens with zero attached hydrogens (tertiary/aromatic N) is 1. The van der Waals surface area contributed by atoms with E-state index in [1.54, 1.807) is 6.92 Å². The monoisotopic (exact) mass is 291 g/mol. The minimum atomic E-state index is -0.777. The molecule has 0 amide bonds. The number of hydrogen-bond acceptors (Lipinski definition) is 3. The van der Waals surface area contributed by atoms with Crippen LogP contribution in [0.4, 0.5) is 5.69 Å². The molecule has 4 heteroatoms. The number of carbonyl (C=O) groups is 2. The molecule has 20 heavy (non-hydrogen) atoms. The first-order valence-corrected chi connectivity index (χ1v) is 7.46. The summed E-state index contributed by atoms with van der Waals surface area (Å²) < 4.78 is 0. The zero-order valence-electron chi connectivity index (χ0n) is 11.6. The molecule has 2 unspecified atom stereocenters. The van der Waals surface area contributed by atoms with Crippen molar-refractivity contribution in [2.75, 3.05) is 18.0 Å². The maximum Gasteiger partial charge on any atom is 0.153 e. The van der Waals surface area contributed by atoms with Crippen molar-refractivity contribution in [1.82, 2.24) is 0 Å². The molecule has 0 spiro atoms. The second kappa shape index (κ2) is 4.88. The maximum atomic E-state index is 12.5. The van der Waals surface area contributed by atoms with Crippen molar-refractivity contribution in [3.05, 3.63) is 29.3 Å². The first kappa shape index (κ1) is 13.6. The summed E-state index contributed by atoms with van der Waals surface area (Å²) in [6.45, 7) is 2.79. The Kier molecular flexibility index (Phi) is 3.33. The third-order valence-electron chi connectivity index (χ3n) is 4.77. The van der Waals surface area contributed by atoms with Gasteiger partial charge in [0.2, 0.25) is 0 Å². The van der Waals surface area contributed by atoms with Crippen molar-refractivity contribution in [3.8, 4) is 0 Å². The van der Waals surface area contributed by atoms with E-state index in [0.29, 0.717) is 18.0 Å². The Morgan fingerprint density at radius 3 is 2.70 bits per heavy atom. The van der Waals surface area contributed by atoms with Crippen molar-refractivity contribution in [2.24, 2.45) is 11.3 Å². The van der Waals surface area contributed by atoms with Crippen molar-refractivity contribution >= 4 is 28.9 Å². The smallest absolute Gasteiger partial charge is 0.153 e. The van der Waals surface area contributed by atoms with E-state index in [2.05, 4.69) is 4.90 Å². The third kappa shape index (κ3) is 2.05. The van der Waals surface area contributed by atoms with Gasteiger partial charge < -0.3 is 4.90 Å². The van der Waals surface area contributed by atoms with E-state index in [0.717, 1.165) is 25.1 Å². The first-order chi connectivity index (χ1) is 9.53. The lowest BCUT2D eigenvalue weighted by atomic mass is 9.63. The third-order valence-corrected chi connectivity index (χ3v) is 5.02. The second-order valence-corrected chi connectivity index (χ2v) is 6.39. The fourth-order valence-corrected chi connectivity index (χ4v) is 3.72. The Balaban J connectivity index is 1.95. The summed E-state index contributed by atoms with van der Waals surface area (Å²) in [4.78, 5) is 26.8. The molecule has 0 aromatic heterocycles. The normalized spacial score (nSPS) is 29.4. The fraction of sp³-hybridized carbons (Fsp3) is 0.500. The first-order valence-electron chi connectivity index (χ1n) is 7.09. The molecule has 0 N–H and O–H groups in total. The van der Waals surface area contributed by atoms with Gasteiger partial charge in [-0.1, -0.05) is 18.0 Å². The minimum absolute atomic E-state index is 0.00271. The van der Waals surface area contributed by atoms with Crippen LogP contribution in [0.25, 0.3) is 0 Å². The van der Waals surface area contributed by atoms with Crippen molar-refractivity contribution in [3.63, 3.8) is 0 Å². The Morgan fingerprint density at radius 1 is 1.35 bits per heavy atom. The molecule has 1 aliphatic heterocycles. The molecule has 2 aliphatic rings. The Morgan fingerprint density at radius 2 is 2.05 bits per heavy atom. The van der Waals surface area contributed by atoms with E-state index in [4.69, 9.17) is 11.6 Å². The molecule has 1 aromatic rings. The highest BCUT2D eigenvalue weighted by Gasteiger charge is 2.52. The van der Waals surface area contributed by atoms with Gasteiger partial charge in [0.15, 0.2) is 5.78 Å². The lowest BCUT2D eigenvalue weighted by molar-refractivity contribution is -0.146. The van der Waals surface area contributed by atoms with Gasteiger partial charge in [-0.15, -0.1) is 0 Å². The number of fused-ring (bicyclic) bond motifs is 2. The van der Waals surface area contributed by atoms with Crippen LogP contribution in [0, 0.1) is 11.3 Å². The number of ketones is 2. The number of benzene rings is 1. The average Bonchev–Trinajstić information content (AvgIpc) is 2.39. The van der Waals surface area contributed by atoms with Gasteiger partial charge in [0.1, 0.15) is 11.2 Å². The van der Waals surface area contributed by atoms with Crippen LogP contribution in [0.3, 0.4) is 0 Å². The summed E-state index contributed by atoms with van der Waals surface area (Å²) in [5, 5.41) is 0.698. The Hall–Kier alpha value is -1.35. The number of anilines is 1. The summed E-state index contributed by atoms with van der Waals surface area (Å²) in [5.41, 5.74) is 0.264. The van der Waals surface area contributed by atoms with Gasteiger partial charge in [-0.3, -0.25) is 9.59 Å². The van der Waals surface area contributed by atoms with Crippen molar-refractivity contribution < 1.29 is 9.59 Å². The molecule has 3 nitrogen and oxygen atoms in total. The molecule has 1 aliphatic carbocycles. The highest BCUT2D eigenvalue weighted by molar-refractivity contribution is 6.30. The van der Waals surface area contributed by atoms with Crippen molar-refractivity contribution in [2.45, 2.75) is 26.2 Å². The number of carbonyl (C=O) groups excluding carboxylic acids is 2. The van der Waals surface area contributed by atoms with Crippen LogP contribution in [-0.2, 0) is 9.59 Å². The summed E-state index contributed by atoms with van der Waals surface area (Å²) in [7, 11) is 0. The van der Waals surface area contributed by atoms with Gasteiger partial charge in [0.25, 0.3) is 0 Å². The molecule has 1 saturated heterocycles. The molecule has 1 aromatic carbocycles. The molecular weight excluding hydrogens is 274 g/mol. The van der Waals surface area contributed by atoms with E-state index < -0.39 is 5.41 Å². The number of piperidine rings is 1. The van der Waals surface area contributed by atoms with E-state index in [1.165, 1.54) is 0 Å². The highest BCUT2D eigenvalue weighted by atomic mass is 35.5. The van der Waals surface area contributed by atoms with Gasteiger partial charge in [-0.05, 0) is 44.0 Å². The standard InChI is InChI=1S/C16H18ClNO2/c1-11(19)16-8-2-3-12(15(16)20)9-18(10-16)14-6-4-13(17)5-7-14/h4-7,12H,2-3,8-10H2,1H3. The van der Waals surface area contributed by atoms with Crippen LogP contribution in [-0.4, -0.2) is 24.7 Å². The summed E-state index contributed by atoms with van der Waals surface area (Å²) >= 11 is 5.92. The minimum Gasteiger partial charge on any atom is -0.369 e. The zero-order valence-corrected chi connectivity index (χ0v) is 12.3. The van der Waals surface area contributed by atoms with E-state index in [-0.39, 0.29) is 17.5 Å². The van der Waals surface area contributed by atoms with Gasteiger partial charge in [0.05, 0.1) is 0 Å². The number of Topliss-reactive ketones (excluding diaryl/α,β-unsaturated/α-hetero) is 2. The number of halogens is 1. The molecule has 2 bridgehead atoms. The maximum absolute atomic E-state index is 12.5. The summed E-state index contributed by atoms with van der Waals surface area (Å²) in [6, 6.07) is 7.62. The second-order valence-electron chi connectivity index (χ2n) is 5.95. The van der Waals surface area contributed by atoms with E-state index in [1.807, 2.05) is 24.3 Å². The predicted octanol–water partition coefficient (Wildman–Crippen LogP) is 3.10. The molecular formula is C16H18ClNO2. The molecule has 0 radical (unpaired) electrons. The van der Waals surface area contributed by atoms with Crippen LogP contribution >= 0.6 is 11.6 Å². The molecule has 2 fully saturated rings. The average molecular weight is 292 g/mol. The van der Waals surface area contributed by atoms with Crippen LogP contribution < -0.4 is 4.90 Å². The number of hydrogen-bond donors (Lipinski definition) is 0. The fourth-order valence-electron chi connectivity index (χ4n) is 3.59. The summed E-state index contributed by atoms with van der Waals surface area (Å²) in [5.74, 6) is 0.185. The lowest BCUT2D eigenvalue weighted by Gasteiger charge is -2.47. The van der Waals surface area contributed by atoms with Crippen LogP contribution in [0.15, 0.2) is 24.3 Å². The molecule has 3 rings (SSSR count). The largest absolute Gasteiger partial charge is 0.369 e. The summed E-state index contributed by atoms with van der Waals surface area (Å²) in [6.07, 6.45) is 2.57. The van der Waals surface area contributed by atoms with Crippen molar-refractivity contribution in [1.29, 1.82) is 0 Å². The zero-order chi connectivity index (χ0) is 14.3. The van der Waals surface area contributed by atoms with Crippen LogP contribution in [0.2, 0.25) is 5.02 Å². The molecule has 106 valence electrons.